The highest BCUT2D eigenvalue weighted by Gasteiger charge is 2.13. The van der Waals surface area contributed by atoms with Gasteiger partial charge in [-0.05, 0) is 32.9 Å². The molecular weight excluding hydrogens is 240 g/mol. The van der Waals surface area contributed by atoms with Gasteiger partial charge < -0.3 is 10.1 Å². The van der Waals surface area contributed by atoms with Crippen LogP contribution in [-0.4, -0.2) is 23.1 Å². The first-order valence-electron chi connectivity index (χ1n) is 6.23. The van der Waals surface area contributed by atoms with Crippen LogP contribution in [0.25, 0.3) is 10.9 Å². The van der Waals surface area contributed by atoms with Crippen LogP contribution in [0.15, 0.2) is 36.5 Å². The highest BCUT2D eigenvalue weighted by Crippen LogP contribution is 2.20. The normalized spacial score (nSPS) is 11.5. The number of carbonyl (C=O) groups excluding carboxylic acids is 1. The minimum atomic E-state index is -0.325. The Morgan fingerprint density at radius 1 is 1.26 bits per heavy atom. The van der Waals surface area contributed by atoms with E-state index in [-0.39, 0.29) is 18.1 Å². The van der Waals surface area contributed by atoms with Crippen LogP contribution < -0.4 is 5.32 Å². The van der Waals surface area contributed by atoms with Crippen LogP contribution in [0.1, 0.15) is 20.8 Å². The number of hydrogen-bond acceptors (Lipinski definition) is 3. The van der Waals surface area contributed by atoms with Gasteiger partial charge in [-0.15, -0.1) is 0 Å². The standard InChI is InChI=1S/C15H18N2O2/c1-15(2,3)19-10-13(18)17-12-8-4-6-11-7-5-9-16-14(11)12/h4-9H,10H2,1-3H3,(H,17,18). The van der Waals surface area contributed by atoms with Crippen LogP contribution in [0.4, 0.5) is 5.69 Å². The number of aromatic nitrogens is 1. The molecule has 0 spiro atoms. The summed E-state index contributed by atoms with van der Waals surface area (Å²) < 4.78 is 5.44. The molecule has 19 heavy (non-hydrogen) atoms. The average Bonchev–Trinajstić information content (AvgIpc) is 2.36. The van der Waals surface area contributed by atoms with E-state index in [1.165, 1.54) is 0 Å². The van der Waals surface area contributed by atoms with Gasteiger partial charge in [0.2, 0.25) is 5.91 Å². The van der Waals surface area contributed by atoms with Crippen molar-refractivity contribution in [1.82, 2.24) is 4.98 Å². The van der Waals surface area contributed by atoms with E-state index in [1.807, 2.05) is 51.1 Å². The van der Waals surface area contributed by atoms with Gasteiger partial charge in [0.15, 0.2) is 0 Å². The molecule has 0 saturated carbocycles. The summed E-state index contributed by atoms with van der Waals surface area (Å²) in [5.74, 6) is -0.173. The Morgan fingerprint density at radius 3 is 2.74 bits per heavy atom. The highest BCUT2D eigenvalue weighted by atomic mass is 16.5. The maximum atomic E-state index is 11.8. The predicted octanol–water partition coefficient (Wildman–Crippen LogP) is 2.99. The smallest absolute Gasteiger partial charge is 0.250 e. The van der Waals surface area contributed by atoms with Gasteiger partial charge in [-0.3, -0.25) is 9.78 Å². The second-order valence-electron chi connectivity index (χ2n) is 5.33. The number of nitrogens with zero attached hydrogens (tertiary/aromatic N) is 1. The van der Waals surface area contributed by atoms with Gasteiger partial charge in [-0.2, -0.15) is 0 Å². The molecule has 2 aromatic rings. The van der Waals surface area contributed by atoms with Crippen LogP contribution in [0.5, 0.6) is 0 Å². The fourth-order valence-corrected chi connectivity index (χ4v) is 1.67. The van der Waals surface area contributed by atoms with E-state index in [0.717, 1.165) is 10.9 Å². The molecule has 1 N–H and O–H groups in total. The van der Waals surface area contributed by atoms with Crippen molar-refractivity contribution in [3.8, 4) is 0 Å². The molecule has 4 nitrogen and oxygen atoms in total. The minimum Gasteiger partial charge on any atom is -0.366 e. The molecule has 0 atom stereocenters. The van der Waals surface area contributed by atoms with E-state index in [2.05, 4.69) is 10.3 Å². The molecule has 4 heteroatoms. The summed E-state index contributed by atoms with van der Waals surface area (Å²) >= 11 is 0. The molecule has 0 aliphatic carbocycles. The monoisotopic (exact) mass is 258 g/mol. The zero-order valence-corrected chi connectivity index (χ0v) is 11.4. The summed E-state index contributed by atoms with van der Waals surface area (Å²) in [4.78, 5) is 16.1. The number of amides is 1. The molecule has 0 unspecified atom stereocenters. The minimum absolute atomic E-state index is 0.0344. The van der Waals surface area contributed by atoms with Gasteiger partial charge in [0.1, 0.15) is 6.61 Å². The van der Waals surface area contributed by atoms with Crippen LogP contribution >= 0.6 is 0 Å². The van der Waals surface area contributed by atoms with Crippen molar-refractivity contribution in [2.45, 2.75) is 26.4 Å². The van der Waals surface area contributed by atoms with Crippen LogP contribution in [0.2, 0.25) is 0 Å². The fourth-order valence-electron chi connectivity index (χ4n) is 1.67. The molecule has 0 bridgehead atoms. The number of hydrogen-bond donors (Lipinski definition) is 1. The van der Waals surface area contributed by atoms with Gasteiger partial charge in [0.05, 0.1) is 16.8 Å². The second-order valence-corrected chi connectivity index (χ2v) is 5.33. The highest BCUT2D eigenvalue weighted by molar-refractivity contribution is 6.00. The van der Waals surface area contributed by atoms with Gasteiger partial charge >= 0.3 is 0 Å². The van der Waals surface area contributed by atoms with Gasteiger partial charge in [0, 0.05) is 11.6 Å². The molecule has 2 rings (SSSR count). The lowest BCUT2D eigenvalue weighted by Gasteiger charge is -2.19. The molecule has 0 aliphatic rings. The lowest BCUT2D eigenvalue weighted by molar-refractivity contribution is -0.125. The van der Waals surface area contributed by atoms with Crippen LogP contribution in [0, 0.1) is 0 Å². The zero-order valence-electron chi connectivity index (χ0n) is 11.4. The van der Waals surface area contributed by atoms with Crippen LogP contribution in [-0.2, 0) is 9.53 Å². The number of para-hydroxylation sites is 1. The number of pyridine rings is 1. The Morgan fingerprint density at radius 2 is 2.00 bits per heavy atom. The van der Waals surface area contributed by atoms with E-state index < -0.39 is 0 Å². The molecule has 100 valence electrons. The molecule has 0 saturated heterocycles. The summed E-state index contributed by atoms with van der Waals surface area (Å²) in [5, 5.41) is 3.83. The third kappa shape index (κ3) is 3.76. The third-order valence-electron chi connectivity index (χ3n) is 2.54. The fraction of sp³-hybridized carbons (Fsp3) is 0.333. The van der Waals surface area contributed by atoms with Crippen molar-refractivity contribution in [3.05, 3.63) is 36.5 Å². The number of nitrogens with one attached hydrogen (secondary N) is 1. The Balaban J connectivity index is 2.11. The molecule has 1 aromatic carbocycles. The Hall–Kier alpha value is -1.94. The number of ether oxygens (including phenoxy) is 1. The lowest BCUT2D eigenvalue weighted by atomic mass is 10.2. The quantitative estimate of drug-likeness (QED) is 0.920. The number of rotatable bonds is 3. The van der Waals surface area contributed by atoms with Gasteiger partial charge in [-0.1, -0.05) is 18.2 Å². The Kier molecular flexibility index (Phi) is 3.81. The third-order valence-corrected chi connectivity index (χ3v) is 2.54. The lowest BCUT2D eigenvalue weighted by Crippen LogP contribution is -2.27. The van der Waals surface area contributed by atoms with Gasteiger partial charge in [-0.25, -0.2) is 0 Å². The van der Waals surface area contributed by atoms with E-state index in [9.17, 15) is 4.79 Å². The number of anilines is 1. The van der Waals surface area contributed by atoms with E-state index in [1.54, 1.807) is 6.20 Å². The second kappa shape index (κ2) is 5.36. The first-order chi connectivity index (χ1) is 8.96. The van der Waals surface area contributed by atoms with E-state index in [4.69, 9.17) is 4.74 Å². The summed E-state index contributed by atoms with van der Waals surface area (Å²) in [5.41, 5.74) is 1.17. The van der Waals surface area contributed by atoms with Crippen molar-refractivity contribution in [2.75, 3.05) is 11.9 Å². The maximum Gasteiger partial charge on any atom is 0.250 e. The zero-order chi connectivity index (χ0) is 13.9. The number of benzene rings is 1. The molecular formula is C15H18N2O2. The molecule has 0 radical (unpaired) electrons. The number of carbonyl (C=O) groups is 1. The Bertz CT molecular complexity index is 583. The molecule has 1 heterocycles. The predicted molar refractivity (Wildman–Crippen MR) is 76.1 cm³/mol. The summed E-state index contributed by atoms with van der Waals surface area (Å²) in [6, 6.07) is 9.53. The van der Waals surface area contributed by atoms with E-state index in [0.29, 0.717) is 5.69 Å². The van der Waals surface area contributed by atoms with Crippen molar-refractivity contribution >= 4 is 22.5 Å². The van der Waals surface area contributed by atoms with E-state index >= 15 is 0 Å². The van der Waals surface area contributed by atoms with Crippen molar-refractivity contribution in [1.29, 1.82) is 0 Å². The summed E-state index contributed by atoms with van der Waals surface area (Å²) in [6.45, 7) is 5.78. The summed E-state index contributed by atoms with van der Waals surface area (Å²) in [6.07, 6.45) is 1.71. The SMILES string of the molecule is CC(C)(C)OCC(=O)Nc1cccc2cccnc12. The van der Waals surface area contributed by atoms with Crippen LogP contribution in [0.3, 0.4) is 0 Å². The van der Waals surface area contributed by atoms with Crippen molar-refractivity contribution in [3.63, 3.8) is 0 Å². The number of fused-ring (bicyclic) bond motifs is 1. The van der Waals surface area contributed by atoms with Crippen molar-refractivity contribution < 1.29 is 9.53 Å². The largest absolute Gasteiger partial charge is 0.366 e. The molecule has 1 amide bonds. The topological polar surface area (TPSA) is 51.2 Å². The Labute approximate surface area is 112 Å². The maximum absolute atomic E-state index is 11.8. The first-order valence-corrected chi connectivity index (χ1v) is 6.23. The molecule has 0 fully saturated rings. The van der Waals surface area contributed by atoms with Gasteiger partial charge in [0.25, 0.3) is 0 Å². The van der Waals surface area contributed by atoms with Crippen molar-refractivity contribution in [2.24, 2.45) is 0 Å². The molecule has 1 aromatic heterocycles. The first kappa shape index (κ1) is 13.5. The summed E-state index contributed by atoms with van der Waals surface area (Å²) in [7, 11) is 0. The average molecular weight is 258 g/mol. The molecule has 0 aliphatic heterocycles.